The Morgan fingerprint density at radius 3 is 2.83 bits per heavy atom. The highest BCUT2D eigenvalue weighted by Gasteiger charge is 2.28. The molecule has 0 atom stereocenters. The molecule has 0 aliphatic carbocycles. The van der Waals surface area contributed by atoms with Gasteiger partial charge >= 0.3 is 0 Å². The van der Waals surface area contributed by atoms with E-state index in [2.05, 4.69) is 21.9 Å². The Morgan fingerprint density at radius 2 is 2.12 bits per heavy atom. The van der Waals surface area contributed by atoms with Crippen LogP contribution in [0.2, 0.25) is 0 Å². The third-order valence-electron chi connectivity index (χ3n) is 4.37. The monoisotopic (exact) mass is 322 g/mol. The van der Waals surface area contributed by atoms with Gasteiger partial charge < -0.3 is 9.88 Å². The number of amides is 1. The van der Waals surface area contributed by atoms with Crippen molar-refractivity contribution in [3.8, 4) is 11.5 Å². The maximum absolute atomic E-state index is 12.7. The number of fused-ring (bicyclic) bond motifs is 1. The second-order valence-corrected chi connectivity index (χ2v) is 5.74. The standard InChI is InChI=1S/C17H18N6O/c1-2-23-14-5-10-22(17(24)12-3-6-18-7-4-12)11-13(14)15(21-23)16-19-8-9-20-16/h3-4,6-9H,2,5,10-11H2,1H3,(H,19,20). The van der Waals surface area contributed by atoms with E-state index in [4.69, 9.17) is 5.10 Å². The Morgan fingerprint density at radius 1 is 1.29 bits per heavy atom. The highest BCUT2D eigenvalue weighted by Crippen LogP contribution is 2.28. The number of aryl methyl sites for hydroxylation is 1. The number of hydrogen-bond donors (Lipinski definition) is 1. The molecule has 3 aromatic heterocycles. The van der Waals surface area contributed by atoms with Crippen molar-refractivity contribution in [2.24, 2.45) is 0 Å². The topological polar surface area (TPSA) is 79.7 Å². The molecule has 0 bridgehead atoms. The van der Waals surface area contributed by atoms with Gasteiger partial charge in [-0.2, -0.15) is 5.10 Å². The minimum Gasteiger partial charge on any atom is -0.343 e. The summed E-state index contributed by atoms with van der Waals surface area (Å²) >= 11 is 0. The lowest BCUT2D eigenvalue weighted by Gasteiger charge is -2.27. The molecule has 0 saturated carbocycles. The second kappa shape index (κ2) is 5.92. The number of nitrogens with zero attached hydrogens (tertiary/aromatic N) is 5. The number of carbonyl (C=O) groups is 1. The molecule has 1 amide bonds. The van der Waals surface area contributed by atoms with Crippen molar-refractivity contribution in [1.82, 2.24) is 29.6 Å². The lowest BCUT2D eigenvalue weighted by Crippen LogP contribution is -2.36. The minimum atomic E-state index is 0.0256. The van der Waals surface area contributed by atoms with Crippen molar-refractivity contribution in [3.05, 3.63) is 53.7 Å². The average molecular weight is 322 g/mol. The van der Waals surface area contributed by atoms with Crippen molar-refractivity contribution < 1.29 is 4.79 Å². The van der Waals surface area contributed by atoms with Gasteiger partial charge in [0.25, 0.3) is 5.91 Å². The van der Waals surface area contributed by atoms with Crippen LogP contribution in [0.5, 0.6) is 0 Å². The smallest absolute Gasteiger partial charge is 0.254 e. The fourth-order valence-corrected chi connectivity index (χ4v) is 3.19. The quantitative estimate of drug-likeness (QED) is 0.798. The van der Waals surface area contributed by atoms with Crippen LogP contribution in [0.15, 0.2) is 36.9 Å². The van der Waals surface area contributed by atoms with E-state index in [1.54, 1.807) is 36.9 Å². The van der Waals surface area contributed by atoms with Crippen LogP contribution >= 0.6 is 0 Å². The van der Waals surface area contributed by atoms with E-state index in [0.29, 0.717) is 18.7 Å². The van der Waals surface area contributed by atoms with Gasteiger partial charge in [0.2, 0.25) is 0 Å². The molecule has 4 rings (SSSR count). The molecule has 0 spiro atoms. The normalized spacial score (nSPS) is 13.8. The summed E-state index contributed by atoms with van der Waals surface area (Å²) in [6, 6.07) is 3.50. The summed E-state index contributed by atoms with van der Waals surface area (Å²) in [6.07, 6.45) is 7.59. The lowest BCUT2D eigenvalue weighted by atomic mass is 10.0. The predicted octanol–water partition coefficient (Wildman–Crippen LogP) is 1.89. The van der Waals surface area contributed by atoms with Gasteiger partial charge in [0, 0.05) is 61.1 Å². The van der Waals surface area contributed by atoms with Crippen LogP contribution < -0.4 is 0 Å². The molecule has 122 valence electrons. The molecule has 0 saturated heterocycles. The molecule has 24 heavy (non-hydrogen) atoms. The van der Waals surface area contributed by atoms with E-state index >= 15 is 0 Å². The van der Waals surface area contributed by atoms with Crippen LogP contribution in [0.3, 0.4) is 0 Å². The maximum Gasteiger partial charge on any atom is 0.254 e. The first-order valence-electron chi connectivity index (χ1n) is 8.05. The number of nitrogens with one attached hydrogen (secondary N) is 1. The molecule has 3 aromatic rings. The summed E-state index contributed by atoms with van der Waals surface area (Å²) in [5, 5.41) is 4.69. The summed E-state index contributed by atoms with van der Waals surface area (Å²) in [5.41, 5.74) is 3.78. The Hall–Kier alpha value is -2.96. The van der Waals surface area contributed by atoms with Gasteiger partial charge in [-0.1, -0.05) is 0 Å². The number of hydrogen-bond acceptors (Lipinski definition) is 4. The number of aromatic amines is 1. The highest BCUT2D eigenvalue weighted by molar-refractivity contribution is 5.94. The summed E-state index contributed by atoms with van der Waals surface area (Å²) in [7, 11) is 0. The number of aromatic nitrogens is 5. The first-order valence-corrected chi connectivity index (χ1v) is 8.05. The lowest BCUT2D eigenvalue weighted by molar-refractivity contribution is 0.0733. The maximum atomic E-state index is 12.7. The summed E-state index contributed by atoms with van der Waals surface area (Å²) in [4.78, 5) is 26.0. The average Bonchev–Trinajstić information content (AvgIpc) is 3.28. The number of carbonyl (C=O) groups excluding carboxylic acids is 1. The Bertz CT molecular complexity index is 853. The first kappa shape index (κ1) is 14.6. The molecule has 0 radical (unpaired) electrons. The zero-order valence-electron chi connectivity index (χ0n) is 13.4. The molecular weight excluding hydrogens is 304 g/mol. The van der Waals surface area contributed by atoms with Gasteiger partial charge in [0.05, 0.1) is 6.54 Å². The van der Waals surface area contributed by atoms with Crippen LogP contribution in [-0.2, 0) is 19.5 Å². The molecular formula is C17H18N6O. The second-order valence-electron chi connectivity index (χ2n) is 5.74. The Labute approximate surface area is 139 Å². The number of H-pyrrole nitrogens is 1. The fourth-order valence-electron chi connectivity index (χ4n) is 3.19. The molecule has 0 fully saturated rings. The Kier molecular flexibility index (Phi) is 3.60. The van der Waals surface area contributed by atoms with Gasteiger partial charge in [-0.25, -0.2) is 4.98 Å². The number of pyridine rings is 1. The first-order chi connectivity index (χ1) is 11.8. The molecule has 0 unspecified atom stereocenters. The van der Waals surface area contributed by atoms with Crippen molar-refractivity contribution >= 4 is 5.91 Å². The van der Waals surface area contributed by atoms with E-state index in [-0.39, 0.29) is 5.91 Å². The van der Waals surface area contributed by atoms with E-state index in [9.17, 15) is 4.79 Å². The van der Waals surface area contributed by atoms with Crippen LogP contribution in [0.1, 0.15) is 28.5 Å². The molecule has 7 heteroatoms. The van der Waals surface area contributed by atoms with Crippen LogP contribution in [0, 0.1) is 0 Å². The van der Waals surface area contributed by atoms with Crippen molar-refractivity contribution in [3.63, 3.8) is 0 Å². The zero-order valence-corrected chi connectivity index (χ0v) is 13.4. The van der Waals surface area contributed by atoms with E-state index in [0.717, 1.165) is 30.0 Å². The molecule has 1 N–H and O–H groups in total. The Balaban J connectivity index is 1.69. The van der Waals surface area contributed by atoms with E-state index < -0.39 is 0 Å². The molecule has 0 aromatic carbocycles. The summed E-state index contributed by atoms with van der Waals surface area (Å²) in [6.45, 7) is 4.12. The number of rotatable bonds is 3. The third kappa shape index (κ3) is 2.38. The SMILES string of the molecule is CCn1nc(-c2ncc[nH]2)c2c1CCN(C(=O)c1ccncc1)C2. The van der Waals surface area contributed by atoms with Gasteiger partial charge in [-0.05, 0) is 19.1 Å². The highest BCUT2D eigenvalue weighted by atomic mass is 16.2. The van der Waals surface area contributed by atoms with E-state index in [1.807, 2.05) is 9.58 Å². The van der Waals surface area contributed by atoms with E-state index in [1.165, 1.54) is 5.69 Å². The molecule has 1 aliphatic rings. The van der Waals surface area contributed by atoms with Gasteiger partial charge in [-0.3, -0.25) is 14.5 Å². The number of imidazole rings is 1. The molecule has 4 heterocycles. The minimum absolute atomic E-state index is 0.0256. The summed E-state index contributed by atoms with van der Waals surface area (Å²) in [5.74, 6) is 0.773. The van der Waals surface area contributed by atoms with Crippen molar-refractivity contribution in [2.45, 2.75) is 26.4 Å². The third-order valence-corrected chi connectivity index (χ3v) is 4.37. The van der Waals surface area contributed by atoms with Crippen molar-refractivity contribution in [1.29, 1.82) is 0 Å². The molecule has 1 aliphatic heterocycles. The van der Waals surface area contributed by atoms with Crippen LogP contribution in [0.4, 0.5) is 0 Å². The fraction of sp³-hybridized carbons (Fsp3) is 0.294. The molecule has 7 nitrogen and oxygen atoms in total. The van der Waals surface area contributed by atoms with Gasteiger partial charge in [-0.15, -0.1) is 0 Å². The predicted molar refractivity (Wildman–Crippen MR) is 88.2 cm³/mol. The largest absolute Gasteiger partial charge is 0.343 e. The van der Waals surface area contributed by atoms with Crippen LogP contribution in [0.25, 0.3) is 11.5 Å². The van der Waals surface area contributed by atoms with Gasteiger partial charge in [0.15, 0.2) is 5.82 Å². The van der Waals surface area contributed by atoms with Crippen molar-refractivity contribution in [2.75, 3.05) is 6.54 Å². The van der Waals surface area contributed by atoms with Crippen LogP contribution in [-0.4, -0.2) is 42.1 Å². The zero-order chi connectivity index (χ0) is 16.5. The summed E-state index contributed by atoms with van der Waals surface area (Å²) < 4.78 is 2.02. The van der Waals surface area contributed by atoms with Gasteiger partial charge in [0.1, 0.15) is 5.69 Å².